The van der Waals surface area contributed by atoms with Gasteiger partial charge in [-0.2, -0.15) is 0 Å². The molecule has 25 heavy (non-hydrogen) atoms. The van der Waals surface area contributed by atoms with Crippen LogP contribution in [0.25, 0.3) is 23.1 Å². The van der Waals surface area contributed by atoms with Gasteiger partial charge in [-0.25, -0.2) is 4.98 Å². The molecule has 0 aliphatic heterocycles. The van der Waals surface area contributed by atoms with E-state index in [1.54, 1.807) is 0 Å². The fourth-order valence-corrected chi connectivity index (χ4v) is 3.08. The number of hydrogen-bond acceptors (Lipinski definition) is 2. The lowest BCUT2D eigenvalue weighted by molar-refractivity contribution is -0.137. The van der Waals surface area contributed by atoms with E-state index >= 15 is 0 Å². The van der Waals surface area contributed by atoms with Crippen LogP contribution in [0.5, 0.6) is 0 Å². The molecule has 1 aromatic heterocycles. The highest BCUT2D eigenvalue weighted by Gasteiger charge is 2.09. The fourth-order valence-electron chi connectivity index (χ4n) is 2.73. The fraction of sp³-hybridized carbons (Fsp3) is 0.143. The SMILES string of the molecule is CC(CC(=O)O)c1cccc(/C=C/c2ccc3ccc(Br)cc3n2)c1. The summed E-state index contributed by atoms with van der Waals surface area (Å²) in [6.45, 7) is 1.93. The van der Waals surface area contributed by atoms with E-state index in [2.05, 4.69) is 27.0 Å². The van der Waals surface area contributed by atoms with Gasteiger partial charge >= 0.3 is 5.97 Å². The quantitative estimate of drug-likeness (QED) is 0.598. The van der Waals surface area contributed by atoms with Crippen molar-refractivity contribution in [3.63, 3.8) is 0 Å². The smallest absolute Gasteiger partial charge is 0.303 e. The molecule has 4 heteroatoms. The maximum atomic E-state index is 10.9. The van der Waals surface area contributed by atoms with Crippen LogP contribution < -0.4 is 0 Å². The van der Waals surface area contributed by atoms with E-state index in [-0.39, 0.29) is 12.3 Å². The van der Waals surface area contributed by atoms with Crippen LogP contribution in [0.1, 0.15) is 36.1 Å². The highest BCUT2D eigenvalue weighted by molar-refractivity contribution is 9.10. The van der Waals surface area contributed by atoms with Crippen molar-refractivity contribution in [3.05, 3.63) is 75.9 Å². The van der Waals surface area contributed by atoms with Gasteiger partial charge in [0, 0.05) is 9.86 Å². The zero-order chi connectivity index (χ0) is 17.8. The van der Waals surface area contributed by atoms with Crippen molar-refractivity contribution in [3.8, 4) is 0 Å². The molecule has 0 bridgehead atoms. The predicted molar refractivity (Wildman–Crippen MR) is 105 cm³/mol. The highest BCUT2D eigenvalue weighted by Crippen LogP contribution is 2.22. The predicted octanol–water partition coefficient (Wildman–Crippen LogP) is 5.75. The number of rotatable bonds is 5. The Morgan fingerprint density at radius 2 is 1.96 bits per heavy atom. The number of halogens is 1. The van der Waals surface area contributed by atoms with E-state index in [9.17, 15) is 4.79 Å². The third-order valence-corrected chi connectivity index (χ3v) is 4.58. The average Bonchev–Trinajstić information content (AvgIpc) is 2.59. The van der Waals surface area contributed by atoms with E-state index in [0.29, 0.717) is 0 Å². The lowest BCUT2D eigenvalue weighted by Gasteiger charge is -2.09. The van der Waals surface area contributed by atoms with E-state index in [1.807, 2.05) is 67.6 Å². The van der Waals surface area contributed by atoms with Gasteiger partial charge in [-0.15, -0.1) is 0 Å². The number of carboxylic acid groups (broad SMARTS) is 1. The first-order valence-corrected chi connectivity index (χ1v) is 8.87. The molecular formula is C21H18BrNO2. The largest absolute Gasteiger partial charge is 0.481 e. The minimum Gasteiger partial charge on any atom is -0.481 e. The number of hydrogen-bond donors (Lipinski definition) is 1. The molecule has 1 atom stereocenters. The molecule has 1 N–H and O–H groups in total. The summed E-state index contributed by atoms with van der Waals surface area (Å²) in [6.07, 6.45) is 4.11. The molecule has 3 aromatic rings. The molecule has 0 spiro atoms. The summed E-state index contributed by atoms with van der Waals surface area (Å²) in [7, 11) is 0. The summed E-state index contributed by atoms with van der Waals surface area (Å²) in [4.78, 5) is 15.5. The number of carbonyl (C=O) groups is 1. The second kappa shape index (κ2) is 7.62. The summed E-state index contributed by atoms with van der Waals surface area (Å²) in [5.41, 5.74) is 3.89. The van der Waals surface area contributed by atoms with Crippen molar-refractivity contribution in [1.29, 1.82) is 0 Å². The lowest BCUT2D eigenvalue weighted by Crippen LogP contribution is -2.02. The molecule has 0 aliphatic carbocycles. The van der Waals surface area contributed by atoms with Gasteiger partial charge in [0.15, 0.2) is 0 Å². The maximum absolute atomic E-state index is 10.9. The van der Waals surface area contributed by atoms with Gasteiger partial charge < -0.3 is 5.11 Å². The maximum Gasteiger partial charge on any atom is 0.303 e. The van der Waals surface area contributed by atoms with Crippen LogP contribution in [-0.2, 0) is 4.79 Å². The van der Waals surface area contributed by atoms with Crippen LogP contribution in [0, 0.1) is 0 Å². The number of aromatic nitrogens is 1. The first-order valence-electron chi connectivity index (χ1n) is 8.07. The number of benzene rings is 2. The Bertz CT molecular complexity index is 950. The molecular weight excluding hydrogens is 378 g/mol. The molecule has 0 fully saturated rings. The van der Waals surface area contributed by atoms with Crippen LogP contribution >= 0.6 is 15.9 Å². The first-order chi connectivity index (χ1) is 12.0. The Labute approximate surface area is 155 Å². The minimum atomic E-state index is -0.778. The zero-order valence-electron chi connectivity index (χ0n) is 13.8. The van der Waals surface area contributed by atoms with Gasteiger partial charge in [0.25, 0.3) is 0 Å². The normalized spacial score (nSPS) is 12.6. The molecule has 1 unspecified atom stereocenters. The van der Waals surface area contributed by atoms with Crippen molar-refractivity contribution in [2.75, 3.05) is 0 Å². The summed E-state index contributed by atoms with van der Waals surface area (Å²) in [5, 5.41) is 10.0. The summed E-state index contributed by atoms with van der Waals surface area (Å²) >= 11 is 3.47. The Morgan fingerprint density at radius 1 is 1.16 bits per heavy atom. The van der Waals surface area contributed by atoms with Gasteiger partial charge in [0.2, 0.25) is 0 Å². The summed E-state index contributed by atoms with van der Waals surface area (Å²) in [5.74, 6) is -0.790. The lowest BCUT2D eigenvalue weighted by atomic mass is 9.96. The Kier molecular flexibility index (Phi) is 5.29. The van der Waals surface area contributed by atoms with Crippen LogP contribution in [0.2, 0.25) is 0 Å². The topological polar surface area (TPSA) is 50.2 Å². The second-order valence-electron chi connectivity index (χ2n) is 6.08. The van der Waals surface area contributed by atoms with Crippen LogP contribution in [0.3, 0.4) is 0 Å². The Morgan fingerprint density at radius 3 is 2.76 bits per heavy atom. The van der Waals surface area contributed by atoms with Gasteiger partial charge in [0.05, 0.1) is 17.6 Å². The number of pyridine rings is 1. The molecule has 0 radical (unpaired) electrons. The molecule has 3 nitrogen and oxygen atoms in total. The van der Waals surface area contributed by atoms with Crippen LogP contribution in [0.4, 0.5) is 0 Å². The summed E-state index contributed by atoms with van der Waals surface area (Å²) in [6, 6.07) is 18.0. The number of fused-ring (bicyclic) bond motifs is 1. The zero-order valence-corrected chi connectivity index (χ0v) is 15.4. The van der Waals surface area contributed by atoms with E-state index in [1.165, 1.54) is 0 Å². The minimum absolute atomic E-state index is 0.0120. The van der Waals surface area contributed by atoms with Gasteiger partial charge in [-0.3, -0.25) is 4.79 Å². The van der Waals surface area contributed by atoms with Crippen molar-refractivity contribution >= 4 is 45.0 Å². The van der Waals surface area contributed by atoms with E-state index < -0.39 is 5.97 Å². The molecule has 126 valence electrons. The standard InChI is InChI=1S/C21H18BrNO2/c1-14(11-21(24)25)17-4-2-3-15(12-17)5-9-19-10-7-16-6-8-18(22)13-20(16)23-19/h2-10,12-14H,11H2,1H3,(H,24,25)/b9-5+. The number of carboxylic acids is 1. The molecule has 3 rings (SSSR count). The molecule has 0 aliphatic rings. The van der Waals surface area contributed by atoms with Crippen molar-refractivity contribution in [1.82, 2.24) is 4.98 Å². The Balaban J connectivity index is 1.83. The third-order valence-electron chi connectivity index (χ3n) is 4.08. The van der Waals surface area contributed by atoms with Crippen molar-refractivity contribution in [2.24, 2.45) is 0 Å². The number of aliphatic carboxylic acids is 1. The van der Waals surface area contributed by atoms with E-state index in [4.69, 9.17) is 5.11 Å². The van der Waals surface area contributed by atoms with Crippen molar-refractivity contribution < 1.29 is 9.90 Å². The van der Waals surface area contributed by atoms with Crippen LogP contribution in [-0.4, -0.2) is 16.1 Å². The molecule has 0 saturated heterocycles. The average molecular weight is 396 g/mol. The van der Waals surface area contributed by atoms with Gasteiger partial charge in [-0.05, 0) is 41.3 Å². The summed E-state index contributed by atoms with van der Waals surface area (Å²) < 4.78 is 1.01. The third kappa shape index (κ3) is 4.54. The molecule has 0 saturated carbocycles. The molecule has 2 aromatic carbocycles. The van der Waals surface area contributed by atoms with Gasteiger partial charge in [0.1, 0.15) is 0 Å². The monoisotopic (exact) mass is 395 g/mol. The molecule has 1 heterocycles. The van der Waals surface area contributed by atoms with E-state index in [0.717, 1.165) is 32.2 Å². The molecule has 0 amide bonds. The highest BCUT2D eigenvalue weighted by atomic mass is 79.9. The van der Waals surface area contributed by atoms with Crippen molar-refractivity contribution in [2.45, 2.75) is 19.3 Å². The van der Waals surface area contributed by atoms with Gasteiger partial charge in [-0.1, -0.05) is 65.3 Å². The number of nitrogens with zero attached hydrogens (tertiary/aromatic N) is 1. The Hall–Kier alpha value is -2.46. The first kappa shape index (κ1) is 17.4. The second-order valence-corrected chi connectivity index (χ2v) is 6.99. The van der Waals surface area contributed by atoms with Crippen LogP contribution in [0.15, 0.2) is 59.1 Å².